The van der Waals surface area contributed by atoms with Gasteiger partial charge in [0, 0.05) is 12.3 Å². The largest absolute Gasteiger partial charge is 0.358 e. The van der Waals surface area contributed by atoms with Crippen LogP contribution in [0.1, 0.15) is 25.7 Å². The molecule has 3 N–H and O–H groups in total. The first kappa shape index (κ1) is 9.34. The van der Waals surface area contributed by atoms with Crippen LogP contribution in [0.25, 0.3) is 0 Å². The second-order valence-corrected chi connectivity index (χ2v) is 4.95. The SMILES string of the molecule is NCCSC1=NCC2(CCCC2)N1. The van der Waals surface area contributed by atoms with Crippen molar-refractivity contribution in [1.29, 1.82) is 0 Å². The summed E-state index contributed by atoms with van der Waals surface area (Å²) in [6.45, 7) is 1.72. The van der Waals surface area contributed by atoms with Gasteiger partial charge in [-0.25, -0.2) is 0 Å². The number of hydrogen-bond donors (Lipinski definition) is 2. The highest BCUT2D eigenvalue weighted by Crippen LogP contribution is 2.33. The summed E-state index contributed by atoms with van der Waals surface area (Å²) < 4.78 is 0. The van der Waals surface area contributed by atoms with Crippen LogP contribution < -0.4 is 11.1 Å². The summed E-state index contributed by atoms with van der Waals surface area (Å²) in [6, 6.07) is 0. The van der Waals surface area contributed by atoms with Crippen LogP contribution in [0.4, 0.5) is 0 Å². The van der Waals surface area contributed by atoms with E-state index < -0.39 is 0 Å². The van der Waals surface area contributed by atoms with Crippen molar-refractivity contribution in [3.05, 3.63) is 0 Å². The van der Waals surface area contributed by atoms with Crippen LogP contribution in [0.5, 0.6) is 0 Å². The number of aliphatic imine (C=N–C) groups is 1. The Kier molecular flexibility index (Phi) is 2.79. The number of nitrogens with two attached hydrogens (primary N) is 1. The van der Waals surface area contributed by atoms with Gasteiger partial charge in [0.05, 0.1) is 12.1 Å². The van der Waals surface area contributed by atoms with Gasteiger partial charge in [-0.3, -0.25) is 4.99 Å². The molecule has 0 atom stereocenters. The number of nitrogens with zero attached hydrogens (tertiary/aromatic N) is 1. The lowest BCUT2D eigenvalue weighted by Crippen LogP contribution is -2.42. The van der Waals surface area contributed by atoms with Crippen molar-refractivity contribution >= 4 is 16.9 Å². The van der Waals surface area contributed by atoms with Gasteiger partial charge < -0.3 is 11.1 Å². The molecular weight excluding hydrogens is 182 g/mol. The second kappa shape index (κ2) is 3.88. The predicted molar refractivity (Wildman–Crippen MR) is 58.1 cm³/mol. The molecule has 1 aliphatic heterocycles. The average Bonchev–Trinajstić information content (AvgIpc) is 2.74. The molecule has 1 heterocycles. The van der Waals surface area contributed by atoms with Gasteiger partial charge in [0.1, 0.15) is 0 Å². The summed E-state index contributed by atoms with van der Waals surface area (Å²) in [5.41, 5.74) is 5.79. The van der Waals surface area contributed by atoms with Crippen molar-refractivity contribution in [3.63, 3.8) is 0 Å². The van der Waals surface area contributed by atoms with Crippen molar-refractivity contribution < 1.29 is 0 Å². The highest BCUT2D eigenvalue weighted by molar-refractivity contribution is 8.13. The molecule has 1 saturated carbocycles. The van der Waals surface area contributed by atoms with Gasteiger partial charge in [0.15, 0.2) is 5.17 Å². The van der Waals surface area contributed by atoms with Gasteiger partial charge in [0.25, 0.3) is 0 Å². The molecule has 0 aromatic heterocycles. The lowest BCUT2D eigenvalue weighted by atomic mass is 10.00. The van der Waals surface area contributed by atoms with Crippen molar-refractivity contribution in [2.24, 2.45) is 10.7 Å². The Morgan fingerprint density at radius 3 is 2.92 bits per heavy atom. The summed E-state index contributed by atoms with van der Waals surface area (Å²) in [5.74, 6) is 0.974. The summed E-state index contributed by atoms with van der Waals surface area (Å²) in [6.07, 6.45) is 5.31. The molecule has 4 heteroatoms. The molecule has 74 valence electrons. The molecule has 2 aliphatic rings. The summed E-state index contributed by atoms with van der Waals surface area (Å²) in [4.78, 5) is 4.52. The van der Waals surface area contributed by atoms with Crippen molar-refractivity contribution in [1.82, 2.24) is 5.32 Å². The molecular formula is C9H17N3S. The minimum atomic E-state index is 0.344. The van der Waals surface area contributed by atoms with Crippen LogP contribution in [-0.4, -0.2) is 29.5 Å². The summed E-state index contributed by atoms with van der Waals surface area (Å²) >= 11 is 1.76. The summed E-state index contributed by atoms with van der Waals surface area (Å²) in [5, 5.41) is 4.68. The maximum atomic E-state index is 5.45. The highest BCUT2D eigenvalue weighted by Gasteiger charge is 2.37. The van der Waals surface area contributed by atoms with Gasteiger partial charge in [-0.1, -0.05) is 24.6 Å². The minimum absolute atomic E-state index is 0.344. The standard InChI is InChI=1S/C9H17N3S/c10-5-6-13-8-11-7-9(12-8)3-1-2-4-9/h1-7,10H2,(H,11,12). The third-order valence-corrected chi connectivity index (χ3v) is 3.76. The first-order valence-corrected chi connectivity index (χ1v) is 5.99. The molecule has 0 aromatic carbocycles. The molecule has 1 fully saturated rings. The zero-order valence-corrected chi connectivity index (χ0v) is 8.70. The van der Waals surface area contributed by atoms with E-state index in [1.54, 1.807) is 11.8 Å². The lowest BCUT2D eigenvalue weighted by molar-refractivity contribution is 0.429. The Morgan fingerprint density at radius 2 is 2.23 bits per heavy atom. The molecule has 0 radical (unpaired) electrons. The van der Waals surface area contributed by atoms with Crippen LogP contribution in [0, 0.1) is 0 Å². The van der Waals surface area contributed by atoms with E-state index in [9.17, 15) is 0 Å². The minimum Gasteiger partial charge on any atom is -0.358 e. The van der Waals surface area contributed by atoms with Crippen LogP contribution in [0.3, 0.4) is 0 Å². The third kappa shape index (κ3) is 1.99. The fourth-order valence-electron chi connectivity index (χ4n) is 2.10. The molecule has 3 nitrogen and oxygen atoms in total. The van der Waals surface area contributed by atoms with E-state index >= 15 is 0 Å². The topological polar surface area (TPSA) is 50.4 Å². The van der Waals surface area contributed by atoms with Crippen LogP contribution >= 0.6 is 11.8 Å². The molecule has 13 heavy (non-hydrogen) atoms. The van der Waals surface area contributed by atoms with Crippen LogP contribution in [0.15, 0.2) is 4.99 Å². The Labute approximate surface area is 83.6 Å². The van der Waals surface area contributed by atoms with Gasteiger partial charge in [-0.15, -0.1) is 0 Å². The zero-order valence-electron chi connectivity index (χ0n) is 7.88. The van der Waals surface area contributed by atoms with Gasteiger partial charge in [-0.05, 0) is 12.8 Å². The Hall–Kier alpha value is -0.220. The predicted octanol–water partition coefficient (Wildman–Crippen LogP) is 0.950. The molecule has 0 amide bonds. The number of rotatable bonds is 2. The van der Waals surface area contributed by atoms with Crippen molar-refractivity contribution in [3.8, 4) is 0 Å². The molecule has 0 bridgehead atoms. The Balaban J connectivity index is 1.84. The van der Waals surface area contributed by atoms with Gasteiger partial charge in [0.2, 0.25) is 0 Å². The second-order valence-electron chi connectivity index (χ2n) is 3.87. The van der Waals surface area contributed by atoms with Gasteiger partial charge in [-0.2, -0.15) is 0 Å². The summed E-state index contributed by atoms with van der Waals surface area (Å²) in [7, 11) is 0. The number of amidine groups is 1. The Morgan fingerprint density at radius 1 is 1.46 bits per heavy atom. The maximum absolute atomic E-state index is 5.45. The van der Waals surface area contributed by atoms with E-state index in [0.29, 0.717) is 5.54 Å². The fraction of sp³-hybridized carbons (Fsp3) is 0.889. The zero-order chi connectivity index (χ0) is 9.15. The van der Waals surface area contributed by atoms with E-state index in [1.807, 2.05) is 0 Å². The van der Waals surface area contributed by atoms with Crippen LogP contribution in [0.2, 0.25) is 0 Å². The highest BCUT2D eigenvalue weighted by atomic mass is 32.2. The third-order valence-electron chi connectivity index (χ3n) is 2.81. The van der Waals surface area contributed by atoms with Gasteiger partial charge >= 0.3 is 0 Å². The first-order valence-electron chi connectivity index (χ1n) is 5.00. The monoisotopic (exact) mass is 199 g/mol. The molecule has 1 spiro atoms. The normalized spacial score (nSPS) is 24.8. The average molecular weight is 199 g/mol. The van der Waals surface area contributed by atoms with E-state index in [1.165, 1.54) is 25.7 Å². The van der Waals surface area contributed by atoms with E-state index in [-0.39, 0.29) is 0 Å². The number of nitrogens with one attached hydrogen (secondary N) is 1. The smallest absolute Gasteiger partial charge is 0.157 e. The van der Waals surface area contributed by atoms with E-state index in [0.717, 1.165) is 24.0 Å². The number of hydrogen-bond acceptors (Lipinski definition) is 4. The van der Waals surface area contributed by atoms with E-state index in [2.05, 4.69) is 10.3 Å². The lowest BCUT2D eigenvalue weighted by Gasteiger charge is -2.23. The first-order chi connectivity index (χ1) is 6.35. The Bertz CT molecular complexity index is 209. The molecule has 1 aliphatic carbocycles. The molecule has 0 unspecified atom stereocenters. The quantitative estimate of drug-likeness (QED) is 0.696. The molecule has 0 saturated heterocycles. The van der Waals surface area contributed by atoms with Crippen molar-refractivity contribution in [2.45, 2.75) is 31.2 Å². The van der Waals surface area contributed by atoms with Crippen LogP contribution in [-0.2, 0) is 0 Å². The molecule has 0 aromatic rings. The van der Waals surface area contributed by atoms with E-state index in [4.69, 9.17) is 5.73 Å². The maximum Gasteiger partial charge on any atom is 0.157 e. The number of thioether (sulfide) groups is 1. The molecule has 2 rings (SSSR count). The van der Waals surface area contributed by atoms with Crippen molar-refractivity contribution in [2.75, 3.05) is 18.8 Å². The fourth-order valence-corrected chi connectivity index (χ4v) is 2.86.